The Kier molecular flexibility index (Phi) is 3.96. The molecule has 108 valence electrons. The SMILES string of the molecule is CCc1nnc(-c2cccc(NCc3csnc3C)c2)o1. The lowest BCUT2D eigenvalue weighted by molar-refractivity contribution is 0.513. The quantitative estimate of drug-likeness (QED) is 0.778. The van der Waals surface area contributed by atoms with E-state index in [2.05, 4.69) is 25.3 Å². The molecule has 3 aromatic rings. The van der Waals surface area contributed by atoms with Gasteiger partial charge in [-0.1, -0.05) is 13.0 Å². The van der Waals surface area contributed by atoms with Crippen molar-refractivity contribution in [2.24, 2.45) is 0 Å². The maximum atomic E-state index is 5.59. The largest absolute Gasteiger partial charge is 0.421 e. The van der Waals surface area contributed by atoms with E-state index in [1.54, 1.807) is 0 Å². The van der Waals surface area contributed by atoms with Crippen LogP contribution < -0.4 is 5.32 Å². The van der Waals surface area contributed by atoms with Crippen LogP contribution in [-0.4, -0.2) is 14.6 Å². The van der Waals surface area contributed by atoms with Gasteiger partial charge < -0.3 is 9.73 Å². The first-order valence-corrected chi connectivity index (χ1v) is 7.66. The van der Waals surface area contributed by atoms with Crippen molar-refractivity contribution in [3.05, 3.63) is 46.8 Å². The minimum atomic E-state index is 0.559. The molecule has 0 unspecified atom stereocenters. The van der Waals surface area contributed by atoms with Gasteiger partial charge in [-0.2, -0.15) is 4.37 Å². The van der Waals surface area contributed by atoms with Crippen molar-refractivity contribution in [3.63, 3.8) is 0 Å². The first-order valence-electron chi connectivity index (χ1n) is 6.83. The van der Waals surface area contributed by atoms with Crippen LogP contribution in [0, 0.1) is 6.92 Å². The van der Waals surface area contributed by atoms with Gasteiger partial charge in [-0.3, -0.25) is 0 Å². The fraction of sp³-hybridized carbons (Fsp3) is 0.267. The Morgan fingerprint density at radius 1 is 1.29 bits per heavy atom. The van der Waals surface area contributed by atoms with Gasteiger partial charge >= 0.3 is 0 Å². The summed E-state index contributed by atoms with van der Waals surface area (Å²) in [6, 6.07) is 7.99. The van der Waals surface area contributed by atoms with Crippen LogP contribution in [-0.2, 0) is 13.0 Å². The van der Waals surface area contributed by atoms with E-state index in [-0.39, 0.29) is 0 Å². The number of hydrogen-bond acceptors (Lipinski definition) is 6. The van der Waals surface area contributed by atoms with Crippen LogP contribution in [0.4, 0.5) is 5.69 Å². The molecule has 0 radical (unpaired) electrons. The van der Waals surface area contributed by atoms with E-state index in [9.17, 15) is 0 Å². The van der Waals surface area contributed by atoms with Crippen molar-refractivity contribution in [2.75, 3.05) is 5.32 Å². The Labute approximate surface area is 127 Å². The molecule has 3 rings (SSSR count). The molecule has 0 saturated heterocycles. The zero-order valence-corrected chi connectivity index (χ0v) is 12.8. The number of nitrogens with zero attached hydrogens (tertiary/aromatic N) is 3. The molecule has 0 saturated carbocycles. The Balaban J connectivity index is 1.75. The minimum Gasteiger partial charge on any atom is -0.421 e. The van der Waals surface area contributed by atoms with E-state index in [1.807, 2.05) is 38.1 Å². The first-order chi connectivity index (χ1) is 10.3. The van der Waals surface area contributed by atoms with Crippen molar-refractivity contribution < 1.29 is 4.42 Å². The van der Waals surface area contributed by atoms with E-state index in [1.165, 1.54) is 17.1 Å². The van der Waals surface area contributed by atoms with Gasteiger partial charge in [-0.25, -0.2) is 0 Å². The van der Waals surface area contributed by atoms with E-state index >= 15 is 0 Å². The zero-order chi connectivity index (χ0) is 14.7. The summed E-state index contributed by atoms with van der Waals surface area (Å²) in [6.45, 7) is 4.77. The average molecular weight is 300 g/mol. The summed E-state index contributed by atoms with van der Waals surface area (Å²) in [5.41, 5.74) is 4.24. The summed E-state index contributed by atoms with van der Waals surface area (Å²) < 4.78 is 9.86. The Morgan fingerprint density at radius 3 is 2.90 bits per heavy atom. The highest BCUT2D eigenvalue weighted by atomic mass is 32.1. The average Bonchev–Trinajstić information content (AvgIpc) is 3.14. The molecule has 0 spiro atoms. The highest BCUT2D eigenvalue weighted by Gasteiger charge is 2.08. The van der Waals surface area contributed by atoms with Crippen LogP contribution in [0.2, 0.25) is 0 Å². The predicted octanol–water partition coefficient (Wildman–Crippen LogP) is 3.68. The van der Waals surface area contributed by atoms with Crippen LogP contribution in [0.3, 0.4) is 0 Å². The number of aryl methyl sites for hydroxylation is 2. The maximum absolute atomic E-state index is 5.59. The van der Waals surface area contributed by atoms with Gasteiger partial charge in [0.2, 0.25) is 11.8 Å². The minimum absolute atomic E-state index is 0.559. The molecular formula is C15H16N4OS. The number of rotatable bonds is 5. The highest BCUT2D eigenvalue weighted by Crippen LogP contribution is 2.22. The molecule has 1 aromatic carbocycles. The van der Waals surface area contributed by atoms with Gasteiger partial charge in [0.15, 0.2) is 0 Å². The summed E-state index contributed by atoms with van der Waals surface area (Å²) in [6.07, 6.45) is 0.745. The van der Waals surface area contributed by atoms with Gasteiger partial charge in [0.25, 0.3) is 0 Å². The summed E-state index contributed by atoms with van der Waals surface area (Å²) >= 11 is 1.48. The molecule has 6 heteroatoms. The standard InChI is InChI=1S/C15H16N4OS/c1-3-14-17-18-15(20-14)11-5-4-6-13(7-11)16-8-12-9-21-19-10(12)2/h4-7,9,16H,3,8H2,1-2H3. The summed E-state index contributed by atoms with van der Waals surface area (Å²) in [7, 11) is 0. The number of benzene rings is 1. The van der Waals surface area contributed by atoms with Gasteiger partial charge in [-0.05, 0) is 36.7 Å². The molecule has 0 bridgehead atoms. The summed E-state index contributed by atoms with van der Waals surface area (Å²) in [4.78, 5) is 0. The van der Waals surface area contributed by atoms with Gasteiger partial charge in [-0.15, -0.1) is 10.2 Å². The van der Waals surface area contributed by atoms with E-state index in [0.717, 1.165) is 29.9 Å². The molecule has 0 atom stereocenters. The maximum Gasteiger partial charge on any atom is 0.247 e. The molecule has 2 heterocycles. The number of nitrogens with one attached hydrogen (secondary N) is 1. The number of anilines is 1. The molecule has 0 aliphatic rings. The smallest absolute Gasteiger partial charge is 0.247 e. The second-order valence-electron chi connectivity index (χ2n) is 4.71. The highest BCUT2D eigenvalue weighted by molar-refractivity contribution is 7.03. The van der Waals surface area contributed by atoms with E-state index < -0.39 is 0 Å². The third kappa shape index (κ3) is 3.11. The van der Waals surface area contributed by atoms with Crippen molar-refractivity contribution in [3.8, 4) is 11.5 Å². The van der Waals surface area contributed by atoms with Crippen molar-refractivity contribution in [2.45, 2.75) is 26.8 Å². The third-order valence-electron chi connectivity index (χ3n) is 3.21. The Morgan fingerprint density at radius 2 is 2.19 bits per heavy atom. The molecule has 2 aromatic heterocycles. The van der Waals surface area contributed by atoms with Crippen LogP contribution in [0.25, 0.3) is 11.5 Å². The normalized spacial score (nSPS) is 10.8. The zero-order valence-electron chi connectivity index (χ0n) is 12.0. The monoisotopic (exact) mass is 300 g/mol. The fourth-order valence-corrected chi connectivity index (χ4v) is 2.66. The van der Waals surface area contributed by atoms with Crippen LogP contribution >= 0.6 is 11.5 Å². The predicted molar refractivity (Wildman–Crippen MR) is 83.3 cm³/mol. The van der Waals surface area contributed by atoms with Crippen molar-refractivity contribution >= 4 is 17.2 Å². The van der Waals surface area contributed by atoms with Gasteiger partial charge in [0.1, 0.15) is 0 Å². The molecule has 1 N–H and O–H groups in total. The van der Waals surface area contributed by atoms with Crippen LogP contribution in [0.5, 0.6) is 0 Å². The lowest BCUT2D eigenvalue weighted by Gasteiger charge is -2.06. The summed E-state index contributed by atoms with van der Waals surface area (Å²) in [5, 5.41) is 13.5. The second-order valence-corrected chi connectivity index (χ2v) is 5.34. The third-order valence-corrected chi connectivity index (χ3v) is 3.98. The molecule has 5 nitrogen and oxygen atoms in total. The fourth-order valence-electron chi connectivity index (χ4n) is 1.96. The molecule has 0 aliphatic heterocycles. The van der Waals surface area contributed by atoms with Crippen molar-refractivity contribution in [1.29, 1.82) is 0 Å². The molecule has 0 aliphatic carbocycles. The van der Waals surface area contributed by atoms with Gasteiger partial charge in [0.05, 0.1) is 5.69 Å². The Bertz CT molecular complexity index is 735. The number of aromatic nitrogens is 3. The van der Waals surface area contributed by atoms with Gasteiger partial charge in [0, 0.05) is 35.2 Å². The topological polar surface area (TPSA) is 63.8 Å². The van der Waals surface area contributed by atoms with E-state index in [0.29, 0.717) is 11.8 Å². The lowest BCUT2D eigenvalue weighted by atomic mass is 10.2. The van der Waals surface area contributed by atoms with Crippen LogP contribution in [0.1, 0.15) is 24.1 Å². The summed E-state index contributed by atoms with van der Waals surface area (Å²) in [5.74, 6) is 1.22. The molecular weight excluding hydrogens is 284 g/mol. The first kappa shape index (κ1) is 13.8. The van der Waals surface area contributed by atoms with Crippen LogP contribution in [0.15, 0.2) is 34.1 Å². The second kappa shape index (κ2) is 6.05. The lowest BCUT2D eigenvalue weighted by Crippen LogP contribution is -1.99. The number of hydrogen-bond donors (Lipinski definition) is 1. The molecule has 21 heavy (non-hydrogen) atoms. The van der Waals surface area contributed by atoms with Crippen molar-refractivity contribution in [1.82, 2.24) is 14.6 Å². The Hall–Kier alpha value is -2.21. The molecule has 0 fully saturated rings. The molecule has 0 amide bonds. The van der Waals surface area contributed by atoms with E-state index in [4.69, 9.17) is 4.42 Å².